The molecule has 0 spiro atoms. The molecule has 0 atom stereocenters. The highest BCUT2D eigenvalue weighted by Gasteiger charge is 2.14. The van der Waals surface area contributed by atoms with Crippen LogP contribution >= 0.6 is 23.2 Å². The summed E-state index contributed by atoms with van der Waals surface area (Å²) in [6, 6.07) is 4.13. The number of furan rings is 1. The molecule has 0 aliphatic rings. The molecule has 16 heavy (non-hydrogen) atoms. The van der Waals surface area contributed by atoms with Crippen LogP contribution in [0.25, 0.3) is 22.1 Å². The summed E-state index contributed by atoms with van der Waals surface area (Å²) in [5, 5.41) is 0.650. The number of rotatable bonds is 0. The lowest BCUT2D eigenvalue weighted by Crippen LogP contribution is -1.83. The van der Waals surface area contributed by atoms with Gasteiger partial charge in [-0.2, -0.15) is 0 Å². The van der Waals surface area contributed by atoms with Gasteiger partial charge >= 0.3 is 0 Å². The van der Waals surface area contributed by atoms with Gasteiger partial charge in [0.25, 0.3) is 0 Å². The van der Waals surface area contributed by atoms with Crippen molar-refractivity contribution in [3.8, 4) is 0 Å². The van der Waals surface area contributed by atoms with Gasteiger partial charge in [0, 0.05) is 5.39 Å². The molecule has 0 N–H and O–H groups in total. The second kappa shape index (κ2) is 3.30. The van der Waals surface area contributed by atoms with E-state index in [2.05, 4.69) is 9.97 Å². The third kappa shape index (κ3) is 1.34. The van der Waals surface area contributed by atoms with E-state index in [0.29, 0.717) is 22.1 Å². The van der Waals surface area contributed by atoms with Crippen molar-refractivity contribution >= 4 is 45.3 Å². The number of halogens is 3. The summed E-state index contributed by atoms with van der Waals surface area (Å²) in [5.41, 5.74) is 1.22. The standard InChI is InChI=1S/C10H3Cl2FN2O/c11-9-8-7(14-10(12)15-9)5-3-4(13)1-2-6(5)16-8/h1-3H. The molecule has 0 amide bonds. The Bertz CT molecular complexity index is 711. The zero-order valence-electron chi connectivity index (χ0n) is 7.67. The van der Waals surface area contributed by atoms with Gasteiger partial charge in [-0.15, -0.1) is 0 Å². The number of hydrogen-bond donors (Lipinski definition) is 0. The van der Waals surface area contributed by atoms with Crippen molar-refractivity contribution < 1.29 is 8.81 Å². The van der Waals surface area contributed by atoms with Gasteiger partial charge in [0.1, 0.15) is 16.9 Å². The minimum Gasteiger partial charge on any atom is -0.451 e. The maximum atomic E-state index is 13.1. The highest BCUT2D eigenvalue weighted by molar-refractivity contribution is 6.36. The van der Waals surface area contributed by atoms with Crippen molar-refractivity contribution in [2.24, 2.45) is 0 Å². The van der Waals surface area contributed by atoms with Gasteiger partial charge in [-0.25, -0.2) is 14.4 Å². The van der Waals surface area contributed by atoms with Crippen LogP contribution in [0.5, 0.6) is 0 Å². The minimum atomic E-state index is -0.374. The van der Waals surface area contributed by atoms with E-state index in [1.165, 1.54) is 18.2 Å². The predicted octanol–water partition coefficient (Wildman–Crippen LogP) is 3.82. The first-order chi connectivity index (χ1) is 7.65. The smallest absolute Gasteiger partial charge is 0.224 e. The Labute approximate surface area is 98.8 Å². The summed E-state index contributed by atoms with van der Waals surface area (Å²) in [5.74, 6) is -0.374. The maximum absolute atomic E-state index is 13.1. The lowest BCUT2D eigenvalue weighted by atomic mass is 10.2. The van der Waals surface area contributed by atoms with Gasteiger partial charge in [0.2, 0.25) is 5.28 Å². The summed E-state index contributed by atoms with van der Waals surface area (Å²) in [6.07, 6.45) is 0. The van der Waals surface area contributed by atoms with Gasteiger partial charge in [-0.1, -0.05) is 11.6 Å². The first-order valence-corrected chi connectivity index (χ1v) is 5.11. The Balaban J connectivity index is 2.57. The zero-order chi connectivity index (χ0) is 11.3. The molecule has 0 saturated carbocycles. The van der Waals surface area contributed by atoms with Crippen LogP contribution in [-0.4, -0.2) is 9.97 Å². The van der Waals surface area contributed by atoms with Crippen molar-refractivity contribution in [3.63, 3.8) is 0 Å². The second-order valence-electron chi connectivity index (χ2n) is 3.20. The molecule has 2 heterocycles. The van der Waals surface area contributed by atoms with Crippen molar-refractivity contribution in [1.29, 1.82) is 0 Å². The van der Waals surface area contributed by atoms with Gasteiger partial charge < -0.3 is 4.42 Å². The predicted molar refractivity (Wildman–Crippen MR) is 59.3 cm³/mol. The summed E-state index contributed by atoms with van der Waals surface area (Å²) < 4.78 is 18.5. The molecule has 1 aromatic carbocycles. The van der Waals surface area contributed by atoms with Crippen molar-refractivity contribution in [3.05, 3.63) is 34.5 Å². The zero-order valence-corrected chi connectivity index (χ0v) is 9.18. The normalized spacial score (nSPS) is 11.4. The lowest BCUT2D eigenvalue weighted by Gasteiger charge is -1.92. The fraction of sp³-hybridized carbons (Fsp3) is 0. The van der Waals surface area contributed by atoms with E-state index in [4.69, 9.17) is 27.6 Å². The van der Waals surface area contributed by atoms with Crippen LogP contribution in [0.2, 0.25) is 10.4 Å². The Morgan fingerprint density at radius 2 is 2.00 bits per heavy atom. The van der Waals surface area contributed by atoms with Gasteiger partial charge in [0.15, 0.2) is 10.7 Å². The third-order valence-electron chi connectivity index (χ3n) is 2.21. The Morgan fingerprint density at radius 3 is 2.81 bits per heavy atom. The fourth-order valence-electron chi connectivity index (χ4n) is 1.56. The van der Waals surface area contributed by atoms with E-state index in [9.17, 15) is 4.39 Å². The molecule has 0 radical (unpaired) electrons. The Morgan fingerprint density at radius 1 is 1.19 bits per heavy atom. The van der Waals surface area contributed by atoms with E-state index >= 15 is 0 Å². The Kier molecular flexibility index (Phi) is 2.02. The summed E-state index contributed by atoms with van der Waals surface area (Å²) in [4.78, 5) is 7.73. The quantitative estimate of drug-likeness (QED) is 0.454. The SMILES string of the molecule is Fc1ccc2oc3c(Cl)nc(Cl)nc3c2c1. The fourth-order valence-corrected chi connectivity index (χ4v) is 1.98. The molecule has 3 rings (SSSR count). The minimum absolute atomic E-state index is 0.00413. The van der Waals surface area contributed by atoms with E-state index < -0.39 is 0 Å². The summed E-state index contributed by atoms with van der Waals surface area (Å²) in [7, 11) is 0. The van der Waals surface area contributed by atoms with Gasteiger partial charge in [-0.3, -0.25) is 0 Å². The van der Waals surface area contributed by atoms with Crippen LogP contribution in [0.1, 0.15) is 0 Å². The van der Waals surface area contributed by atoms with Crippen molar-refractivity contribution in [2.75, 3.05) is 0 Å². The molecule has 0 saturated heterocycles. The molecule has 0 bridgehead atoms. The Hall–Kier alpha value is -1.39. The van der Waals surface area contributed by atoms with E-state index in [1.54, 1.807) is 0 Å². The van der Waals surface area contributed by atoms with Gasteiger partial charge in [-0.05, 0) is 29.8 Å². The molecule has 0 fully saturated rings. The topological polar surface area (TPSA) is 38.9 Å². The number of fused-ring (bicyclic) bond motifs is 3. The van der Waals surface area contributed by atoms with Crippen LogP contribution in [0.3, 0.4) is 0 Å². The molecule has 3 aromatic rings. The second-order valence-corrected chi connectivity index (χ2v) is 3.90. The summed E-state index contributed by atoms with van der Waals surface area (Å²) in [6.45, 7) is 0. The molecular formula is C10H3Cl2FN2O. The maximum Gasteiger partial charge on any atom is 0.224 e. The van der Waals surface area contributed by atoms with Crippen LogP contribution in [-0.2, 0) is 0 Å². The van der Waals surface area contributed by atoms with E-state index in [1.807, 2.05) is 0 Å². The first-order valence-electron chi connectivity index (χ1n) is 4.36. The number of hydrogen-bond acceptors (Lipinski definition) is 3. The number of aromatic nitrogens is 2. The van der Waals surface area contributed by atoms with E-state index in [-0.39, 0.29) is 16.3 Å². The van der Waals surface area contributed by atoms with E-state index in [0.717, 1.165) is 0 Å². The summed E-state index contributed by atoms with van der Waals surface area (Å²) >= 11 is 11.5. The highest BCUT2D eigenvalue weighted by Crippen LogP contribution is 2.32. The lowest BCUT2D eigenvalue weighted by molar-refractivity contribution is 0.626. The number of nitrogens with zero attached hydrogens (tertiary/aromatic N) is 2. The van der Waals surface area contributed by atoms with Crippen molar-refractivity contribution in [2.45, 2.75) is 0 Å². The van der Waals surface area contributed by atoms with Crippen LogP contribution in [0.15, 0.2) is 22.6 Å². The van der Waals surface area contributed by atoms with Crippen molar-refractivity contribution in [1.82, 2.24) is 9.97 Å². The molecule has 0 unspecified atom stereocenters. The average molecular weight is 257 g/mol. The molecule has 3 nitrogen and oxygen atoms in total. The largest absolute Gasteiger partial charge is 0.451 e. The monoisotopic (exact) mass is 256 g/mol. The van der Waals surface area contributed by atoms with Gasteiger partial charge in [0.05, 0.1) is 0 Å². The number of benzene rings is 1. The highest BCUT2D eigenvalue weighted by atomic mass is 35.5. The molecular weight excluding hydrogens is 254 g/mol. The van der Waals surface area contributed by atoms with Crippen LogP contribution < -0.4 is 0 Å². The molecule has 0 aliphatic heterocycles. The molecule has 0 aliphatic carbocycles. The van der Waals surface area contributed by atoms with Crippen LogP contribution in [0, 0.1) is 5.82 Å². The molecule has 80 valence electrons. The first kappa shape index (κ1) is 9.81. The molecule has 2 aromatic heterocycles. The van der Waals surface area contributed by atoms with Crippen LogP contribution in [0.4, 0.5) is 4.39 Å². The third-order valence-corrected chi connectivity index (χ3v) is 2.63. The average Bonchev–Trinajstić information content (AvgIpc) is 2.57. The molecule has 6 heteroatoms.